The third kappa shape index (κ3) is 2.76. The van der Waals surface area contributed by atoms with Gasteiger partial charge in [0.25, 0.3) is 5.91 Å². The number of rotatable bonds is 3. The van der Waals surface area contributed by atoms with Gasteiger partial charge in [-0.15, -0.1) is 0 Å². The summed E-state index contributed by atoms with van der Waals surface area (Å²) in [5, 5.41) is 2.34. The molecule has 3 amide bonds. The van der Waals surface area contributed by atoms with Gasteiger partial charge in [0.1, 0.15) is 6.04 Å². The quantitative estimate of drug-likeness (QED) is 0.745. The van der Waals surface area contributed by atoms with Gasteiger partial charge in [0.2, 0.25) is 11.8 Å². The molecule has 142 valence electrons. The second-order valence-corrected chi connectivity index (χ2v) is 8.42. The van der Waals surface area contributed by atoms with E-state index in [9.17, 15) is 14.4 Å². The van der Waals surface area contributed by atoms with Crippen LogP contribution in [0.2, 0.25) is 0 Å². The summed E-state index contributed by atoms with van der Waals surface area (Å²) in [6.45, 7) is 3.33. The van der Waals surface area contributed by atoms with E-state index in [2.05, 4.69) is 16.3 Å². The van der Waals surface area contributed by atoms with Crippen molar-refractivity contribution in [2.24, 2.45) is 17.6 Å². The molecule has 27 heavy (non-hydrogen) atoms. The van der Waals surface area contributed by atoms with E-state index in [-0.39, 0.29) is 24.1 Å². The first-order valence-electron chi connectivity index (χ1n) is 9.74. The molecule has 7 nitrogen and oxygen atoms in total. The first-order valence-corrected chi connectivity index (χ1v) is 9.74. The van der Waals surface area contributed by atoms with Crippen molar-refractivity contribution >= 4 is 17.7 Å². The molecule has 3 unspecified atom stereocenters. The molecular formula is C20H24N4O3. The lowest BCUT2D eigenvalue weighted by Crippen LogP contribution is -2.61. The highest BCUT2D eigenvalue weighted by Crippen LogP contribution is 2.39. The molecule has 5 aliphatic rings. The van der Waals surface area contributed by atoms with Crippen molar-refractivity contribution in [3.05, 3.63) is 34.9 Å². The van der Waals surface area contributed by atoms with Crippen LogP contribution < -0.4 is 11.1 Å². The lowest BCUT2D eigenvalue weighted by Gasteiger charge is -2.52. The summed E-state index contributed by atoms with van der Waals surface area (Å²) in [6.07, 6.45) is 1.93. The number of nitrogens with zero attached hydrogens (tertiary/aromatic N) is 2. The molecule has 1 aliphatic carbocycles. The van der Waals surface area contributed by atoms with Crippen LogP contribution in [0.25, 0.3) is 0 Å². The van der Waals surface area contributed by atoms with E-state index in [1.54, 1.807) is 4.90 Å². The Hall–Kier alpha value is -2.25. The maximum absolute atomic E-state index is 12.9. The summed E-state index contributed by atoms with van der Waals surface area (Å²) in [5.41, 5.74) is 8.92. The number of carbonyl (C=O) groups excluding carboxylic acids is 3. The zero-order chi connectivity index (χ0) is 18.7. The zero-order valence-electron chi connectivity index (χ0n) is 15.2. The molecule has 2 bridgehead atoms. The average molecular weight is 368 g/mol. The van der Waals surface area contributed by atoms with E-state index >= 15 is 0 Å². The van der Waals surface area contributed by atoms with Gasteiger partial charge in [-0.3, -0.25) is 24.6 Å². The molecule has 0 radical (unpaired) electrons. The molecule has 0 spiro atoms. The molecule has 3 N–H and O–H groups in total. The topological polar surface area (TPSA) is 95.7 Å². The fourth-order valence-corrected chi connectivity index (χ4v) is 5.11. The fraction of sp³-hybridized carbons (Fsp3) is 0.550. The smallest absolute Gasteiger partial charge is 0.255 e. The molecular weight excluding hydrogens is 344 g/mol. The maximum atomic E-state index is 12.9. The van der Waals surface area contributed by atoms with Gasteiger partial charge in [-0.1, -0.05) is 12.1 Å². The van der Waals surface area contributed by atoms with Crippen molar-refractivity contribution in [1.29, 1.82) is 0 Å². The molecule has 7 heteroatoms. The van der Waals surface area contributed by atoms with Crippen LogP contribution >= 0.6 is 0 Å². The van der Waals surface area contributed by atoms with Crippen LogP contribution in [0.5, 0.6) is 0 Å². The van der Waals surface area contributed by atoms with Gasteiger partial charge < -0.3 is 10.6 Å². The Morgan fingerprint density at radius 3 is 2.63 bits per heavy atom. The second kappa shape index (κ2) is 6.14. The number of amides is 3. The Kier molecular flexibility index (Phi) is 3.84. The van der Waals surface area contributed by atoms with Gasteiger partial charge in [0, 0.05) is 44.2 Å². The third-order valence-electron chi connectivity index (χ3n) is 6.68. The average Bonchev–Trinajstić information content (AvgIpc) is 2.98. The van der Waals surface area contributed by atoms with Crippen molar-refractivity contribution in [2.75, 3.05) is 13.1 Å². The molecule has 1 aromatic carbocycles. The third-order valence-corrected chi connectivity index (χ3v) is 6.68. The van der Waals surface area contributed by atoms with Crippen LogP contribution in [-0.4, -0.2) is 52.7 Å². The lowest BCUT2D eigenvalue weighted by molar-refractivity contribution is -0.136. The van der Waals surface area contributed by atoms with Crippen LogP contribution in [-0.2, 0) is 22.7 Å². The van der Waals surface area contributed by atoms with Crippen molar-refractivity contribution in [1.82, 2.24) is 15.1 Å². The van der Waals surface area contributed by atoms with Gasteiger partial charge in [0.05, 0.1) is 0 Å². The van der Waals surface area contributed by atoms with Gasteiger partial charge in [-0.25, -0.2) is 0 Å². The monoisotopic (exact) mass is 368 g/mol. The standard InChI is InChI=1S/C20H24N4O3/c21-18-13-6-14(18)9-23(8-13)7-11-1-2-12-10-24(20(27)15(12)5-11)16-3-4-17(25)22-19(16)26/h1-2,5,13-14,16,18H,3-4,6-10,21H2,(H,22,25,26). The SMILES string of the molecule is NC1C2CC1CN(Cc1ccc3c(c1)C(=O)N(C1CCC(=O)NC1=O)C3)C2. The highest BCUT2D eigenvalue weighted by Gasteiger charge is 2.44. The summed E-state index contributed by atoms with van der Waals surface area (Å²) in [6, 6.07) is 5.88. The molecule has 6 rings (SSSR count). The van der Waals surface area contributed by atoms with Crippen LogP contribution in [0, 0.1) is 11.8 Å². The number of hydrogen-bond donors (Lipinski definition) is 2. The predicted octanol–water partition coefficient (Wildman–Crippen LogP) is 0.227. The zero-order valence-corrected chi connectivity index (χ0v) is 15.2. The van der Waals surface area contributed by atoms with Gasteiger partial charge in [-0.05, 0) is 41.9 Å². The Morgan fingerprint density at radius 1 is 1.15 bits per heavy atom. The first-order chi connectivity index (χ1) is 13.0. The number of hydrogen-bond acceptors (Lipinski definition) is 5. The van der Waals surface area contributed by atoms with Crippen molar-refractivity contribution in [3.63, 3.8) is 0 Å². The molecule has 4 fully saturated rings. The van der Waals surface area contributed by atoms with Gasteiger partial charge >= 0.3 is 0 Å². The van der Waals surface area contributed by atoms with Crippen molar-refractivity contribution in [2.45, 2.75) is 44.4 Å². The maximum Gasteiger partial charge on any atom is 0.255 e. The minimum Gasteiger partial charge on any atom is -0.327 e. The molecule has 4 aliphatic heterocycles. The Labute approximate surface area is 157 Å². The normalized spacial score (nSPS) is 32.9. The molecule has 1 aromatic rings. The highest BCUT2D eigenvalue weighted by molar-refractivity contribution is 6.05. The number of imide groups is 1. The lowest BCUT2D eigenvalue weighted by atomic mass is 9.67. The Balaban J connectivity index is 1.30. The number of nitrogens with two attached hydrogens (primary N) is 1. The first kappa shape index (κ1) is 16.9. The number of piperidine rings is 3. The second-order valence-electron chi connectivity index (χ2n) is 8.42. The molecule has 3 saturated heterocycles. The summed E-state index contributed by atoms with van der Waals surface area (Å²) in [4.78, 5) is 40.4. The molecule has 0 aromatic heterocycles. The number of carbonyl (C=O) groups is 3. The van der Waals surface area contributed by atoms with Crippen LogP contribution in [0.15, 0.2) is 18.2 Å². The number of nitrogens with one attached hydrogen (secondary N) is 1. The number of benzene rings is 1. The van der Waals surface area contributed by atoms with E-state index in [1.165, 1.54) is 6.42 Å². The van der Waals surface area contributed by atoms with Crippen molar-refractivity contribution < 1.29 is 14.4 Å². The summed E-state index contributed by atoms with van der Waals surface area (Å²) >= 11 is 0. The minimum absolute atomic E-state index is 0.107. The van der Waals surface area contributed by atoms with Gasteiger partial charge in [0.15, 0.2) is 0 Å². The van der Waals surface area contributed by atoms with E-state index < -0.39 is 6.04 Å². The Bertz CT molecular complexity index is 827. The minimum atomic E-state index is -0.554. The molecule has 4 heterocycles. The van der Waals surface area contributed by atoms with Crippen LogP contribution in [0.3, 0.4) is 0 Å². The van der Waals surface area contributed by atoms with E-state index in [0.29, 0.717) is 36.4 Å². The fourth-order valence-electron chi connectivity index (χ4n) is 5.11. The summed E-state index contributed by atoms with van der Waals surface area (Å²) in [5.74, 6) is 0.494. The van der Waals surface area contributed by atoms with Gasteiger partial charge in [-0.2, -0.15) is 0 Å². The van der Waals surface area contributed by atoms with Crippen LogP contribution in [0.4, 0.5) is 0 Å². The van der Waals surface area contributed by atoms with Crippen LogP contribution in [0.1, 0.15) is 40.7 Å². The molecule has 3 atom stereocenters. The van der Waals surface area contributed by atoms with E-state index in [0.717, 1.165) is 30.8 Å². The van der Waals surface area contributed by atoms with E-state index in [1.807, 2.05) is 12.1 Å². The Morgan fingerprint density at radius 2 is 1.93 bits per heavy atom. The summed E-state index contributed by atoms with van der Waals surface area (Å²) < 4.78 is 0. The predicted molar refractivity (Wildman–Crippen MR) is 97.3 cm³/mol. The summed E-state index contributed by atoms with van der Waals surface area (Å²) in [7, 11) is 0. The highest BCUT2D eigenvalue weighted by atomic mass is 16.2. The van der Waals surface area contributed by atoms with E-state index in [4.69, 9.17) is 5.73 Å². The van der Waals surface area contributed by atoms with Crippen molar-refractivity contribution in [3.8, 4) is 0 Å². The molecule has 1 saturated carbocycles. The largest absolute Gasteiger partial charge is 0.327 e. The number of fused-ring (bicyclic) bond motifs is 3.